The molecule has 2 rings (SSSR count). The number of rotatable bonds is 2. The summed E-state index contributed by atoms with van der Waals surface area (Å²) in [5, 5.41) is 19.6. The Kier molecular flexibility index (Phi) is 3.02. The van der Waals surface area contributed by atoms with E-state index in [0.29, 0.717) is 5.75 Å². The molecule has 0 radical (unpaired) electrons. The van der Waals surface area contributed by atoms with Gasteiger partial charge in [-0.25, -0.2) is 4.39 Å². The number of hydrogen-bond acceptors (Lipinski definition) is 3. The van der Waals surface area contributed by atoms with Crippen LogP contribution in [-0.2, 0) is 10.4 Å². The number of carboxylic acids is 1. The van der Waals surface area contributed by atoms with Crippen molar-refractivity contribution in [2.75, 3.05) is 0 Å². The minimum absolute atomic E-state index is 0.204. The largest absolute Gasteiger partial charge is 0.490 e. The summed E-state index contributed by atoms with van der Waals surface area (Å²) in [5.74, 6) is -1.76. The maximum absolute atomic E-state index is 13.3. The number of aliphatic carboxylic acids is 1. The van der Waals surface area contributed by atoms with Crippen LogP contribution in [0.5, 0.6) is 5.75 Å². The summed E-state index contributed by atoms with van der Waals surface area (Å²) < 4.78 is 18.8. The van der Waals surface area contributed by atoms with Gasteiger partial charge in [-0.05, 0) is 25.1 Å². The summed E-state index contributed by atoms with van der Waals surface area (Å²) in [6, 6.07) is 3.78. The number of carboxylic acid groups (broad SMARTS) is 1. The number of halogens is 1. The van der Waals surface area contributed by atoms with Crippen LogP contribution in [0.1, 0.15) is 25.8 Å². The van der Waals surface area contributed by atoms with E-state index in [1.165, 1.54) is 12.1 Å². The summed E-state index contributed by atoms with van der Waals surface area (Å²) in [4.78, 5) is 10.9. The third kappa shape index (κ3) is 1.95. The molecule has 0 amide bonds. The first-order valence-corrected chi connectivity index (χ1v) is 5.75. The van der Waals surface area contributed by atoms with Crippen LogP contribution in [0.15, 0.2) is 18.2 Å². The Hall–Kier alpha value is -1.62. The fraction of sp³-hybridized carbons (Fsp3) is 0.462. The smallest absolute Gasteiger partial charge is 0.306 e. The fourth-order valence-corrected chi connectivity index (χ4v) is 2.37. The maximum atomic E-state index is 13.3. The van der Waals surface area contributed by atoms with Gasteiger partial charge in [0.15, 0.2) is 0 Å². The lowest BCUT2D eigenvalue weighted by molar-refractivity contribution is -0.150. The molecule has 0 aliphatic carbocycles. The van der Waals surface area contributed by atoms with Gasteiger partial charge < -0.3 is 14.9 Å². The van der Waals surface area contributed by atoms with Crippen molar-refractivity contribution in [3.8, 4) is 5.75 Å². The first-order chi connectivity index (χ1) is 8.34. The van der Waals surface area contributed by atoms with Gasteiger partial charge in [0.05, 0.1) is 6.42 Å². The Morgan fingerprint density at radius 1 is 1.50 bits per heavy atom. The van der Waals surface area contributed by atoms with Crippen LogP contribution >= 0.6 is 0 Å². The number of hydrogen-bond donors (Lipinski definition) is 2. The molecule has 4 nitrogen and oxygen atoms in total. The molecule has 0 aromatic heterocycles. The second-order valence-corrected chi connectivity index (χ2v) is 4.75. The molecule has 5 heteroatoms. The van der Waals surface area contributed by atoms with Crippen LogP contribution in [0.25, 0.3) is 0 Å². The average molecular weight is 254 g/mol. The molecular weight excluding hydrogens is 239 g/mol. The van der Waals surface area contributed by atoms with Crippen LogP contribution in [0.4, 0.5) is 4.39 Å². The van der Waals surface area contributed by atoms with Crippen molar-refractivity contribution >= 4 is 5.97 Å². The first-order valence-electron chi connectivity index (χ1n) is 5.75. The SMILES string of the molecule is C[C@H]1Oc2ccc(F)cc2[C@](O)(CC(=O)O)[C@H]1C. The van der Waals surface area contributed by atoms with E-state index in [1.807, 2.05) is 0 Å². The Morgan fingerprint density at radius 3 is 2.78 bits per heavy atom. The van der Waals surface area contributed by atoms with Crippen LogP contribution in [0.2, 0.25) is 0 Å². The number of benzene rings is 1. The van der Waals surface area contributed by atoms with Gasteiger partial charge in [0.25, 0.3) is 0 Å². The van der Waals surface area contributed by atoms with Gasteiger partial charge in [0.1, 0.15) is 23.3 Å². The van der Waals surface area contributed by atoms with E-state index in [4.69, 9.17) is 9.84 Å². The number of aliphatic hydroxyl groups is 1. The molecule has 1 aliphatic rings. The zero-order valence-electron chi connectivity index (χ0n) is 10.2. The quantitative estimate of drug-likeness (QED) is 0.846. The molecule has 0 saturated carbocycles. The zero-order valence-corrected chi connectivity index (χ0v) is 10.2. The molecule has 1 heterocycles. The van der Waals surface area contributed by atoms with E-state index in [1.54, 1.807) is 13.8 Å². The van der Waals surface area contributed by atoms with Crippen molar-refractivity contribution in [1.82, 2.24) is 0 Å². The fourth-order valence-electron chi connectivity index (χ4n) is 2.37. The van der Waals surface area contributed by atoms with Crippen LogP contribution in [-0.4, -0.2) is 22.3 Å². The third-order valence-electron chi connectivity index (χ3n) is 3.60. The standard InChI is InChI=1S/C13H15FO4/c1-7-8(2)18-11-4-3-9(14)5-10(11)13(7,17)6-12(15)16/h3-5,7-8,17H,6H2,1-2H3,(H,15,16)/t7-,8+,13-/m0/s1. The molecule has 1 aromatic carbocycles. The average Bonchev–Trinajstić information content (AvgIpc) is 2.27. The molecule has 98 valence electrons. The topological polar surface area (TPSA) is 66.8 Å². The van der Waals surface area contributed by atoms with E-state index >= 15 is 0 Å². The molecule has 0 fully saturated rings. The normalized spacial score (nSPS) is 30.4. The first kappa shape index (κ1) is 12.8. The van der Waals surface area contributed by atoms with Gasteiger partial charge in [0.2, 0.25) is 0 Å². The number of carbonyl (C=O) groups is 1. The van der Waals surface area contributed by atoms with E-state index in [0.717, 1.165) is 6.07 Å². The second kappa shape index (κ2) is 4.24. The molecule has 0 saturated heterocycles. The second-order valence-electron chi connectivity index (χ2n) is 4.75. The van der Waals surface area contributed by atoms with Crippen LogP contribution in [0, 0.1) is 11.7 Å². The van der Waals surface area contributed by atoms with Gasteiger partial charge in [-0.3, -0.25) is 4.79 Å². The summed E-state index contributed by atoms with van der Waals surface area (Å²) in [7, 11) is 0. The minimum Gasteiger partial charge on any atom is -0.490 e. The Labute approximate surface area is 104 Å². The summed E-state index contributed by atoms with van der Waals surface area (Å²) in [6.45, 7) is 3.45. The van der Waals surface area contributed by atoms with Crippen molar-refractivity contribution in [2.45, 2.75) is 32.0 Å². The predicted octanol–water partition coefficient (Wildman–Crippen LogP) is 1.91. The highest BCUT2D eigenvalue weighted by Gasteiger charge is 2.46. The van der Waals surface area contributed by atoms with Gasteiger partial charge in [-0.1, -0.05) is 6.92 Å². The van der Waals surface area contributed by atoms with Gasteiger partial charge >= 0.3 is 5.97 Å². The summed E-state index contributed by atoms with van der Waals surface area (Å²) in [5.41, 5.74) is -1.41. The van der Waals surface area contributed by atoms with Gasteiger partial charge in [-0.15, -0.1) is 0 Å². The maximum Gasteiger partial charge on any atom is 0.306 e. The molecule has 3 atom stereocenters. The van der Waals surface area contributed by atoms with Crippen LogP contribution in [0.3, 0.4) is 0 Å². The Bertz CT molecular complexity index is 488. The van der Waals surface area contributed by atoms with Crippen molar-refractivity contribution < 1.29 is 24.1 Å². The van der Waals surface area contributed by atoms with E-state index < -0.39 is 29.7 Å². The molecule has 0 bridgehead atoms. The van der Waals surface area contributed by atoms with Gasteiger partial charge in [0, 0.05) is 11.5 Å². The molecule has 1 aliphatic heterocycles. The lowest BCUT2D eigenvalue weighted by Gasteiger charge is -2.42. The highest BCUT2D eigenvalue weighted by atomic mass is 19.1. The van der Waals surface area contributed by atoms with Crippen molar-refractivity contribution in [3.63, 3.8) is 0 Å². The Morgan fingerprint density at radius 2 is 2.17 bits per heavy atom. The minimum atomic E-state index is -1.61. The van der Waals surface area contributed by atoms with Gasteiger partial charge in [-0.2, -0.15) is 0 Å². The molecule has 1 aromatic rings. The van der Waals surface area contributed by atoms with Crippen molar-refractivity contribution in [2.24, 2.45) is 5.92 Å². The molecule has 0 unspecified atom stereocenters. The lowest BCUT2D eigenvalue weighted by atomic mass is 9.75. The number of fused-ring (bicyclic) bond motifs is 1. The third-order valence-corrected chi connectivity index (χ3v) is 3.60. The molecule has 2 N–H and O–H groups in total. The molecular formula is C13H15FO4. The molecule has 18 heavy (non-hydrogen) atoms. The van der Waals surface area contributed by atoms with Crippen molar-refractivity contribution in [1.29, 1.82) is 0 Å². The highest BCUT2D eigenvalue weighted by molar-refractivity contribution is 5.69. The monoisotopic (exact) mass is 254 g/mol. The number of ether oxygens (including phenoxy) is 1. The molecule has 0 spiro atoms. The van der Waals surface area contributed by atoms with Crippen molar-refractivity contribution in [3.05, 3.63) is 29.6 Å². The lowest BCUT2D eigenvalue weighted by Crippen LogP contribution is -2.46. The highest BCUT2D eigenvalue weighted by Crippen LogP contribution is 2.45. The van der Waals surface area contributed by atoms with E-state index in [9.17, 15) is 14.3 Å². The summed E-state index contributed by atoms with van der Waals surface area (Å²) in [6.07, 6.45) is -0.814. The van der Waals surface area contributed by atoms with E-state index in [2.05, 4.69) is 0 Å². The van der Waals surface area contributed by atoms with E-state index in [-0.39, 0.29) is 11.7 Å². The predicted molar refractivity (Wildman–Crippen MR) is 61.8 cm³/mol. The Balaban J connectivity index is 2.56. The van der Waals surface area contributed by atoms with Crippen LogP contribution < -0.4 is 4.74 Å². The zero-order chi connectivity index (χ0) is 13.5. The summed E-state index contributed by atoms with van der Waals surface area (Å²) >= 11 is 0.